The van der Waals surface area contributed by atoms with Gasteiger partial charge in [-0.1, -0.05) is 45.7 Å². The molecule has 0 aromatic heterocycles. The van der Waals surface area contributed by atoms with E-state index in [4.69, 9.17) is 9.32 Å². The van der Waals surface area contributed by atoms with Crippen LogP contribution >= 0.6 is 0 Å². The van der Waals surface area contributed by atoms with Crippen molar-refractivity contribution in [3.8, 4) is 0 Å². The number of rotatable bonds is 9. The van der Waals surface area contributed by atoms with E-state index in [1.54, 1.807) is 0 Å². The van der Waals surface area contributed by atoms with Crippen molar-refractivity contribution in [1.82, 2.24) is 0 Å². The fourth-order valence-electron chi connectivity index (χ4n) is 4.42. The van der Waals surface area contributed by atoms with Gasteiger partial charge in [-0.15, -0.1) is 0 Å². The van der Waals surface area contributed by atoms with E-state index in [2.05, 4.69) is 46.8 Å². The third kappa shape index (κ3) is 6.30. The van der Waals surface area contributed by atoms with Crippen LogP contribution in [0.4, 0.5) is 0 Å². The lowest BCUT2D eigenvalue weighted by molar-refractivity contribution is 0.128. The minimum atomic E-state index is -3.91. The summed E-state index contributed by atoms with van der Waals surface area (Å²) >= 11 is 0. The first-order valence-corrected chi connectivity index (χ1v) is 11.9. The molecule has 0 spiro atoms. The maximum atomic E-state index is 11.5. The van der Waals surface area contributed by atoms with Crippen LogP contribution in [0.3, 0.4) is 0 Å². The average molecular weight is 396 g/mol. The van der Waals surface area contributed by atoms with E-state index >= 15 is 0 Å². The zero-order valence-corrected chi connectivity index (χ0v) is 18.4. The second-order valence-electron chi connectivity index (χ2n) is 8.58. The molecule has 2 unspecified atom stereocenters. The Morgan fingerprint density at radius 1 is 1.22 bits per heavy atom. The molecular weight excluding hydrogens is 358 g/mol. The summed E-state index contributed by atoms with van der Waals surface area (Å²) in [5.74, 6) is 1.36. The largest absolute Gasteiger partial charge is 0.333 e. The van der Waals surface area contributed by atoms with Gasteiger partial charge in [-0.2, -0.15) is 8.42 Å². The van der Waals surface area contributed by atoms with Crippen LogP contribution in [0.1, 0.15) is 87.5 Å². The summed E-state index contributed by atoms with van der Waals surface area (Å²) in [6.45, 7) is 10.9. The summed E-state index contributed by atoms with van der Waals surface area (Å²) in [4.78, 5) is 0. The average Bonchev–Trinajstić information content (AvgIpc) is 2.58. The lowest BCUT2D eigenvalue weighted by Gasteiger charge is -2.34. The number of nitrogens with two attached hydrogens (primary N) is 1. The Morgan fingerprint density at radius 2 is 1.89 bits per heavy atom. The lowest BCUT2D eigenvalue weighted by atomic mass is 9.72. The molecule has 0 saturated carbocycles. The van der Waals surface area contributed by atoms with E-state index < -0.39 is 10.3 Å². The molecule has 4 atom stereocenters. The van der Waals surface area contributed by atoms with Gasteiger partial charge in [0.25, 0.3) is 0 Å². The maximum absolute atomic E-state index is 11.5. The highest BCUT2D eigenvalue weighted by Crippen LogP contribution is 2.41. The van der Waals surface area contributed by atoms with Gasteiger partial charge >= 0.3 is 10.3 Å². The Bertz CT molecular complexity index is 729. The van der Waals surface area contributed by atoms with Crippen molar-refractivity contribution in [2.45, 2.75) is 91.6 Å². The van der Waals surface area contributed by atoms with Crippen molar-refractivity contribution < 1.29 is 12.6 Å². The smallest absolute Gasteiger partial charge is 0.255 e. The summed E-state index contributed by atoms with van der Waals surface area (Å²) in [5.41, 5.74) is 5.73. The van der Waals surface area contributed by atoms with Crippen LogP contribution in [0.5, 0.6) is 0 Å². The van der Waals surface area contributed by atoms with Gasteiger partial charge in [0.05, 0.1) is 6.10 Å². The number of unbranched alkanes of at least 4 members (excludes halogenated alkanes) is 1. The third-order valence-corrected chi connectivity index (χ3v) is 6.89. The lowest BCUT2D eigenvalue weighted by Crippen LogP contribution is -2.30. The highest BCUT2D eigenvalue weighted by atomic mass is 32.2. The molecule has 5 heteroatoms. The Morgan fingerprint density at radius 3 is 2.52 bits per heavy atom. The molecule has 0 aliphatic heterocycles. The summed E-state index contributed by atoms with van der Waals surface area (Å²) in [6, 6.07) is 4.74. The normalized spacial score (nSPS) is 22.3. The molecule has 154 valence electrons. The molecule has 2 N–H and O–H groups in total. The Kier molecular flexibility index (Phi) is 7.90. The van der Waals surface area contributed by atoms with E-state index in [0.717, 1.165) is 38.5 Å². The maximum Gasteiger partial charge on any atom is 0.333 e. The summed E-state index contributed by atoms with van der Waals surface area (Å²) in [5, 5.41) is 5.15. The van der Waals surface area contributed by atoms with Gasteiger partial charge in [-0.05, 0) is 86.0 Å². The van der Waals surface area contributed by atoms with Gasteiger partial charge in [-0.3, -0.25) is 4.18 Å². The van der Waals surface area contributed by atoms with Crippen molar-refractivity contribution in [2.75, 3.05) is 0 Å². The zero-order valence-electron chi connectivity index (χ0n) is 17.6. The Hall–Kier alpha value is -0.910. The van der Waals surface area contributed by atoms with E-state index in [0.29, 0.717) is 11.8 Å². The van der Waals surface area contributed by atoms with Crippen molar-refractivity contribution in [3.63, 3.8) is 0 Å². The molecule has 4 nitrogen and oxygen atoms in total. The van der Waals surface area contributed by atoms with Crippen LogP contribution in [0.25, 0.3) is 0 Å². The van der Waals surface area contributed by atoms with Crippen LogP contribution in [0, 0.1) is 25.7 Å². The molecule has 1 aliphatic carbocycles. The van der Waals surface area contributed by atoms with Crippen molar-refractivity contribution >= 4 is 10.3 Å². The van der Waals surface area contributed by atoms with Gasteiger partial charge < -0.3 is 0 Å². The molecular formula is C22H37NO3S. The number of fused-ring (bicyclic) bond motifs is 1. The topological polar surface area (TPSA) is 69.4 Å². The van der Waals surface area contributed by atoms with Crippen molar-refractivity contribution in [1.29, 1.82) is 0 Å². The monoisotopic (exact) mass is 395 g/mol. The second-order valence-corrected chi connectivity index (χ2v) is 9.76. The Labute approximate surface area is 166 Å². The summed E-state index contributed by atoms with van der Waals surface area (Å²) in [7, 11) is -3.91. The quantitative estimate of drug-likeness (QED) is 0.627. The molecule has 1 aromatic rings. The first-order chi connectivity index (χ1) is 12.6. The second kappa shape index (κ2) is 9.53. The standard InChI is InChI=1S/C22H37NO3S/c1-6-7-8-22(26-27(23,24)25)16(3)10-12-20-15(2)9-11-19-13-17(4)18(5)14-21(19)20/h13-16,20,22H,6-12H2,1-5H3,(H2,23,24,25)/t15?,16-,20?,22-/m0/s1. The number of hydrogen-bond donors (Lipinski definition) is 1. The zero-order chi connectivity index (χ0) is 20.2. The molecule has 27 heavy (non-hydrogen) atoms. The molecule has 0 fully saturated rings. The van der Waals surface area contributed by atoms with Crippen LogP contribution < -0.4 is 5.14 Å². The highest BCUT2D eigenvalue weighted by molar-refractivity contribution is 7.84. The SMILES string of the molecule is CCCC[C@H](OS(N)(=O)=O)[C@@H](C)CCC1c2cc(C)c(C)cc2CCC1C. The van der Waals surface area contributed by atoms with Crippen molar-refractivity contribution in [2.24, 2.45) is 17.0 Å². The molecule has 2 rings (SSSR count). The van der Waals surface area contributed by atoms with Gasteiger partial charge in [0, 0.05) is 0 Å². The van der Waals surface area contributed by atoms with E-state index in [-0.39, 0.29) is 12.0 Å². The van der Waals surface area contributed by atoms with Gasteiger partial charge in [-0.25, -0.2) is 5.14 Å². The molecule has 0 saturated heterocycles. The van der Waals surface area contributed by atoms with Gasteiger partial charge in [0.15, 0.2) is 0 Å². The highest BCUT2D eigenvalue weighted by Gasteiger charge is 2.29. The summed E-state index contributed by atoms with van der Waals surface area (Å²) in [6.07, 6.45) is 6.79. The molecule has 0 radical (unpaired) electrons. The van der Waals surface area contributed by atoms with E-state index in [1.807, 2.05) is 0 Å². The fraction of sp³-hybridized carbons (Fsp3) is 0.727. The number of benzene rings is 1. The molecule has 0 heterocycles. The van der Waals surface area contributed by atoms with Crippen LogP contribution in [-0.2, 0) is 20.9 Å². The first-order valence-electron chi connectivity index (χ1n) is 10.4. The van der Waals surface area contributed by atoms with E-state index in [9.17, 15) is 8.42 Å². The summed E-state index contributed by atoms with van der Waals surface area (Å²) < 4.78 is 28.1. The van der Waals surface area contributed by atoms with Crippen LogP contribution in [0.15, 0.2) is 12.1 Å². The molecule has 1 aromatic carbocycles. The van der Waals surface area contributed by atoms with Crippen LogP contribution in [-0.4, -0.2) is 14.5 Å². The minimum absolute atomic E-state index is 0.166. The molecule has 0 bridgehead atoms. The predicted molar refractivity (Wildman–Crippen MR) is 112 cm³/mol. The van der Waals surface area contributed by atoms with Gasteiger partial charge in [0.1, 0.15) is 0 Å². The predicted octanol–water partition coefficient (Wildman–Crippen LogP) is 5.16. The minimum Gasteiger partial charge on any atom is -0.255 e. The molecule has 0 amide bonds. The fourth-order valence-corrected chi connectivity index (χ4v) is 5.05. The third-order valence-electron chi connectivity index (χ3n) is 6.38. The number of aryl methyl sites for hydroxylation is 3. The molecule has 1 aliphatic rings. The van der Waals surface area contributed by atoms with Crippen LogP contribution in [0.2, 0.25) is 0 Å². The first kappa shape index (κ1) is 22.4. The van der Waals surface area contributed by atoms with Crippen molar-refractivity contribution in [3.05, 3.63) is 34.4 Å². The van der Waals surface area contributed by atoms with E-state index in [1.165, 1.54) is 28.7 Å². The number of hydrogen-bond acceptors (Lipinski definition) is 3. The van der Waals surface area contributed by atoms with Gasteiger partial charge in [0.2, 0.25) is 0 Å². The Balaban J connectivity index is 2.10.